The number of phenols is 1. The van der Waals surface area contributed by atoms with Crippen LogP contribution in [0, 0.1) is 17.6 Å². The van der Waals surface area contributed by atoms with Crippen LogP contribution in [-0.2, 0) is 20.6 Å². The second kappa shape index (κ2) is 10.2. The molecule has 0 radical (unpaired) electrons. The fourth-order valence-corrected chi connectivity index (χ4v) is 5.06. The van der Waals surface area contributed by atoms with Gasteiger partial charge in [0.2, 0.25) is 5.82 Å². The molecular weight excluding hydrogens is 527 g/mol. The lowest BCUT2D eigenvalue weighted by atomic mass is 9.77. The van der Waals surface area contributed by atoms with Gasteiger partial charge in [-0.1, -0.05) is 33.8 Å². The number of benzene rings is 1. The molecule has 1 fully saturated rings. The number of alkyl halides is 3. The number of amides is 1. The molecule has 0 bridgehead atoms. The molecule has 4 atom stereocenters. The van der Waals surface area contributed by atoms with Gasteiger partial charge in [0.05, 0.1) is 24.2 Å². The maximum atomic E-state index is 14.1. The minimum atomic E-state index is -4.89. The zero-order valence-corrected chi connectivity index (χ0v) is 23.3. The molecule has 3 rings (SSSR count). The number of hydrogen-bond acceptors (Lipinski definition) is 5. The summed E-state index contributed by atoms with van der Waals surface area (Å²) in [6.45, 7) is 12.7. The summed E-state index contributed by atoms with van der Waals surface area (Å²) in [7, 11) is -2.02. The van der Waals surface area contributed by atoms with E-state index in [-0.39, 0.29) is 22.9 Å². The van der Waals surface area contributed by atoms with Gasteiger partial charge in [0.15, 0.2) is 25.5 Å². The van der Waals surface area contributed by atoms with E-state index < -0.39 is 61.3 Å². The number of pyridine rings is 1. The third-order valence-electron chi connectivity index (χ3n) is 7.87. The minimum absolute atomic E-state index is 0.00264. The van der Waals surface area contributed by atoms with Crippen molar-refractivity contribution >= 4 is 19.9 Å². The molecule has 1 aliphatic rings. The highest BCUT2D eigenvalue weighted by Crippen LogP contribution is 2.54. The fraction of sp³-hybridized carbons (Fsp3) is 0.538. The molecule has 0 saturated carbocycles. The summed E-state index contributed by atoms with van der Waals surface area (Å²) >= 11 is 0. The summed E-state index contributed by atoms with van der Waals surface area (Å²) in [5, 5.41) is 12.7. The molecule has 1 amide bonds. The van der Waals surface area contributed by atoms with Crippen molar-refractivity contribution in [3.05, 3.63) is 53.4 Å². The molecule has 2 N–H and O–H groups in total. The van der Waals surface area contributed by atoms with E-state index in [0.29, 0.717) is 11.8 Å². The smallest absolute Gasteiger partial charge is 0.417 e. The molecule has 210 valence electrons. The second-order valence-electron chi connectivity index (χ2n) is 11.3. The molecule has 1 aliphatic heterocycles. The van der Waals surface area contributed by atoms with Gasteiger partial charge in [-0.15, -0.1) is 0 Å². The Balaban J connectivity index is 1.85. The quantitative estimate of drug-likeness (QED) is 0.305. The van der Waals surface area contributed by atoms with Crippen molar-refractivity contribution in [3.8, 4) is 5.75 Å². The van der Waals surface area contributed by atoms with Crippen LogP contribution in [0.1, 0.15) is 51.8 Å². The van der Waals surface area contributed by atoms with Crippen molar-refractivity contribution in [2.45, 2.75) is 83.2 Å². The van der Waals surface area contributed by atoms with Crippen LogP contribution < -0.4 is 5.32 Å². The molecular formula is C26H33F5N2O4Si. The molecule has 38 heavy (non-hydrogen) atoms. The molecule has 1 aromatic heterocycles. The summed E-state index contributed by atoms with van der Waals surface area (Å²) in [5.74, 6) is -7.97. The van der Waals surface area contributed by atoms with E-state index in [1.807, 2.05) is 0 Å². The van der Waals surface area contributed by atoms with Gasteiger partial charge >= 0.3 is 6.18 Å². The van der Waals surface area contributed by atoms with E-state index in [1.165, 1.54) is 19.2 Å². The average Bonchev–Trinajstić information content (AvgIpc) is 3.08. The van der Waals surface area contributed by atoms with E-state index in [2.05, 4.69) is 44.2 Å². The number of carbonyl (C=O) groups is 1. The lowest BCUT2D eigenvalue weighted by Gasteiger charge is -2.36. The average molecular weight is 561 g/mol. The fourth-order valence-electron chi connectivity index (χ4n) is 4.12. The highest BCUT2D eigenvalue weighted by molar-refractivity contribution is 6.74. The molecule has 0 spiro atoms. The van der Waals surface area contributed by atoms with Crippen LogP contribution in [0.5, 0.6) is 5.75 Å². The van der Waals surface area contributed by atoms with Gasteiger partial charge < -0.3 is 19.6 Å². The maximum Gasteiger partial charge on any atom is 0.417 e. The zero-order valence-electron chi connectivity index (χ0n) is 22.3. The highest BCUT2D eigenvalue weighted by Gasteiger charge is 2.65. The molecule has 1 aromatic carbocycles. The van der Waals surface area contributed by atoms with Crippen LogP contribution in [0.25, 0.3) is 0 Å². The van der Waals surface area contributed by atoms with E-state index in [4.69, 9.17) is 9.16 Å². The van der Waals surface area contributed by atoms with Gasteiger partial charge in [-0.2, -0.15) is 17.6 Å². The Hall–Kier alpha value is -2.57. The van der Waals surface area contributed by atoms with Crippen molar-refractivity contribution in [3.63, 3.8) is 0 Å². The van der Waals surface area contributed by atoms with Gasteiger partial charge in [-0.3, -0.25) is 9.78 Å². The van der Waals surface area contributed by atoms with Gasteiger partial charge in [0.25, 0.3) is 5.91 Å². The number of nitrogens with zero attached hydrogens (tertiary/aromatic N) is 1. The van der Waals surface area contributed by atoms with E-state index in [1.54, 1.807) is 6.07 Å². The summed E-state index contributed by atoms with van der Waals surface area (Å²) in [6.07, 6.45) is -5.32. The number of aromatic hydroxyl groups is 1. The maximum absolute atomic E-state index is 14.1. The second-order valence-corrected chi connectivity index (χ2v) is 16.1. The number of halogens is 5. The standard InChI is InChI=1S/C26H33F5N2O4Si/c1-14-19(17-10-11-18(27)20(28)21(17)34)22(37-25(14,5)26(29,30)31)23(35)33-15-8-9-16(32-12-15)13-36-38(6,7)24(2,3)4/h8-12,14,19,22,34H,13H2,1-7H3,(H,33,35). The Morgan fingerprint density at radius 1 is 1.18 bits per heavy atom. The predicted octanol–water partition coefficient (Wildman–Crippen LogP) is 6.67. The summed E-state index contributed by atoms with van der Waals surface area (Å²) < 4.78 is 81.1. The lowest BCUT2D eigenvalue weighted by Crippen LogP contribution is -2.47. The number of hydrogen-bond donors (Lipinski definition) is 2. The van der Waals surface area contributed by atoms with Gasteiger partial charge in [-0.25, -0.2) is 4.39 Å². The third kappa shape index (κ3) is 5.57. The summed E-state index contributed by atoms with van der Waals surface area (Å²) in [4.78, 5) is 17.4. The largest absolute Gasteiger partial charge is 0.505 e. The molecule has 0 aliphatic carbocycles. The van der Waals surface area contributed by atoms with Crippen molar-refractivity contribution < 1.29 is 41.0 Å². The number of phenolic OH excluding ortho intramolecular Hbond substituents is 1. The molecule has 2 heterocycles. The molecule has 6 nitrogen and oxygen atoms in total. The first-order valence-corrected chi connectivity index (χ1v) is 15.0. The Morgan fingerprint density at radius 3 is 2.34 bits per heavy atom. The first-order chi connectivity index (χ1) is 17.3. The molecule has 4 unspecified atom stereocenters. The van der Waals surface area contributed by atoms with Crippen LogP contribution in [0.2, 0.25) is 18.1 Å². The van der Waals surface area contributed by atoms with Gasteiger partial charge in [0, 0.05) is 17.4 Å². The molecule has 12 heteroatoms. The van der Waals surface area contributed by atoms with E-state index in [9.17, 15) is 31.9 Å². The number of nitrogens with one attached hydrogen (secondary N) is 1. The minimum Gasteiger partial charge on any atom is -0.505 e. The number of carbonyl (C=O) groups excluding carboxylic acids is 1. The number of anilines is 1. The SMILES string of the molecule is CC1C(c2ccc(F)c(F)c2O)C(C(=O)Nc2ccc(CO[Si](C)(C)C(C)(C)C)nc2)OC1(C)C(F)(F)F. The highest BCUT2D eigenvalue weighted by atomic mass is 28.4. The Labute approximate surface area is 219 Å². The third-order valence-corrected chi connectivity index (χ3v) is 12.3. The van der Waals surface area contributed by atoms with Gasteiger partial charge in [0.1, 0.15) is 6.10 Å². The molecule has 2 aromatic rings. The normalized spacial score (nSPS) is 24.5. The van der Waals surface area contributed by atoms with Crippen LogP contribution >= 0.6 is 0 Å². The van der Waals surface area contributed by atoms with Crippen molar-refractivity contribution in [1.82, 2.24) is 4.98 Å². The topological polar surface area (TPSA) is 80.7 Å². The van der Waals surface area contributed by atoms with E-state index in [0.717, 1.165) is 13.0 Å². The van der Waals surface area contributed by atoms with Crippen LogP contribution in [0.4, 0.5) is 27.6 Å². The van der Waals surface area contributed by atoms with Crippen molar-refractivity contribution in [2.75, 3.05) is 5.32 Å². The summed E-state index contributed by atoms with van der Waals surface area (Å²) in [5.41, 5.74) is -2.36. The monoisotopic (exact) mass is 560 g/mol. The van der Waals surface area contributed by atoms with E-state index >= 15 is 0 Å². The van der Waals surface area contributed by atoms with Crippen LogP contribution in [0.3, 0.4) is 0 Å². The van der Waals surface area contributed by atoms with Crippen molar-refractivity contribution in [1.29, 1.82) is 0 Å². The van der Waals surface area contributed by atoms with Crippen LogP contribution in [0.15, 0.2) is 30.5 Å². The van der Waals surface area contributed by atoms with Crippen molar-refractivity contribution in [2.24, 2.45) is 5.92 Å². The number of rotatable bonds is 6. The molecule has 1 saturated heterocycles. The Kier molecular flexibility index (Phi) is 8.04. The first-order valence-electron chi connectivity index (χ1n) is 12.1. The van der Waals surface area contributed by atoms with Crippen LogP contribution in [-0.4, -0.2) is 42.2 Å². The Bertz CT molecular complexity index is 1180. The Morgan fingerprint density at radius 2 is 1.82 bits per heavy atom. The number of ether oxygens (including phenoxy) is 1. The zero-order chi connectivity index (χ0) is 28.8. The van der Waals surface area contributed by atoms with Gasteiger partial charge in [-0.05, 0) is 43.3 Å². The predicted molar refractivity (Wildman–Crippen MR) is 134 cm³/mol. The number of aromatic nitrogens is 1. The first kappa shape index (κ1) is 30.0. The summed E-state index contributed by atoms with van der Waals surface area (Å²) in [6, 6.07) is 4.79. The lowest BCUT2D eigenvalue weighted by molar-refractivity contribution is -0.272.